The molecular weight excluding hydrogens is 394 g/mol. The summed E-state index contributed by atoms with van der Waals surface area (Å²) in [5.41, 5.74) is 0. The van der Waals surface area contributed by atoms with E-state index in [0.717, 1.165) is 9.80 Å². The second kappa shape index (κ2) is 13.5. The van der Waals surface area contributed by atoms with Crippen molar-refractivity contribution < 1.29 is 73.2 Å². The third kappa shape index (κ3) is 15.2. The minimum absolute atomic E-state index is 0. The summed E-state index contributed by atoms with van der Waals surface area (Å²) in [5, 5.41) is 38.0. The third-order valence-electron chi connectivity index (χ3n) is 2.16. The van der Waals surface area contributed by atoms with Gasteiger partial charge >= 0.3 is 28.7 Å². The van der Waals surface area contributed by atoms with Crippen molar-refractivity contribution in [3.8, 4) is 0 Å². The number of carbonyl (C=O) groups is 4. The molecule has 0 unspecified atom stereocenters. The first-order chi connectivity index (χ1) is 9.20. The average Bonchev–Trinajstić information content (AvgIpc) is 2.22. The normalized spacial score (nSPS) is 9.73. The van der Waals surface area contributed by atoms with E-state index in [1.165, 1.54) is 0 Å². The Balaban J connectivity index is -0.00000180. The quantitative estimate of drug-likeness (QED) is 0.340. The fourth-order valence-corrected chi connectivity index (χ4v) is 1.46. The molecule has 10 nitrogen and oxygen atoms in total. The molecule has 2 radical (unpaired) electrons. The summed E-state index contributed by atoms with van der Waals surface area (Å²) >= 11 is 0. The summed E-state index contributed by atoms with van der Waals surface area (Å²) in [4.78, 5) is 43.9. The maximum absolute atomic E-state index is 10.5. The van der Waals surface area contributed by atoms with Crippen LogP contribution in [0.1, 0.15) is 0 Å². The van der Waals surface area contributed by atoms with Gasteiger partial charge in [0.2, 0.25) is 0 Å². The van der Waals surface area contributed by atoms with Crippen LogP contribution >= 0.6 is 0 Å². The van der Waals surface area contributed by atoms with Gasteiger partial charge in [-0.1, -0.05) is 0 Å². The largest absolute Gasteiger partial charge is 2.00 e. The zero-order chi connectivity index (χ0) is 15.7. The molecule has 0 amide bonds. The molecule has 0 saturated heterocycles. The number of carboxylic acid groups (broad SMARTS) is 4. The molecule has 0 fully saturated rings. The topological polar surface area (TPSA) is 161 Å². The van der Waals surface area contributed by atoms with Crippen molar-refractivity contribution in [1.82, 2.24) is 9.80 Å². The fourth-order valence-electron chi connectivity index (χ4n) is 1.46. The summed E-state index contributed by atoms with van der Waals surface area (Å²) in [5.74, 6) is -5.52. The Labute approximate surface area is 146 Å². The van der Waals surface area contributed by atoms with Gasteiger partial charge < -0.3 is 30.0 Å². The van der Waals surface area contributed by atoms with E-state index in [1.54, 1.807) is 0 Å². The van der Waals surface area contributed by atoms with Crippen LogP contribution in [0.25, 0.3) is 0 Å². The molecular formula is C10H14Co2N2O8. The van der Waals surface area contributed by atoms with Gasteiger partial charge in [-0.2, -0.15) is 0 Å². The van der Waals surface area contributed by atoms with Gasteiger partial charge in [0.15, 0.2) is 0 Å². The van der Waals surface area contributed by atoms with E-state index in [2.05, 4.69) is 0 Å². The molecule has 0 aromatic rings. The number of rotatable bonds is 11. The average molecular weight is 408 g/mol. The van der Waals surface area contributed by atoms with Crippen LogP contribution in [-0.2, 0) is 52.7 Å². The van der Waals surface area contributed by atoms with E-state index in [4.69, 9.17) is 10.2 Å². The molecule has 0 saturated carbocycles. The van der Waals surface area contributed by atoms with Crippen molar-refractivity contribution in [3.63, 3.8) is 0 Å². The second-order valence-electron chi connectivity index (χ2n) is 3.95. The number of carbonyl (C=O) groups excluding carboxylic acids is 2. The number of hydrogen-bond donors (Lipinski definition) is 2. The van der Waals surface area contributed by atoms with Crippen LogP contribution in [0.5, 0.6) is 0 Å². The molecule has 0 aliphatic rings. The predicted octanol–water partition coefficient (Wildman–Crippen LogP) is -4.75. The van der Waals surface area contributed by atoms with Gasteiger partial charge in [0.05, 0.1) is 25.0 Å². The Morgan fingerprint density at radius 1 is 0.727 bits per heavy atom. The van der Waals surface area contributed by atoms with Gasteiger partial charge in [0.25, 0.3) is 0 Å². The molecule has 0 aliphatic carbocycles. The molecule has 12 heteroatoms. The van der Waals surface area contributed by atoms with E-state index >= 15 is 0 Å². The minimum atomic E-state index is -1.49. The van der Waals surface area contributed by atoms with Gasteiger partial charge in [0.1, 0.15) is 0 Å². The molecule has 2 N–H and O–H groups in total. The van der Waals surface area contributed by atoms with Crippen LogP contribution in [-0.4, -0.2) is 83.2 Å². The third-order valence-corrected chi connectivity index (χ3v) is 2.16. The van der Waals surface area contributed by atoms with E-state index in [0.29, 0.717) is 0 Å². The van der Waals surface area contributed by atoms with Crippen molar-refractivity contribution in [2.75, 3.05) is 39.3 Å². The van der Waals surface area contributed by atoms with Gasteiger partial charge in [-0.05, 0) is 0 Å². The summed E-state index contributed by atoms with van der Waals surface area (Å²) in [6.45, 7) is -2.75. The Kier molecular flexibility index (Phi) is 15.8. The molecule has 0 aliphatic heterocycles. The van der Waals surface area contributed by atoms with Crippen molar-refractivity contribution in [2.24, 2.45) is 0 Å². The first kappa shape index (κ1) is 25.7. The van der Waals surface area contributed by atoms with Crippen molar-refractivity contribution in [2.45, 2.75) is 0 Å². The summed E-state index contributed by atoms with van der Waals surface area (Å²) in [6.07, 6.45) is 0. The smallest absolute Gasteiger partial charge is 0.549 e. The van der Waals surface area contributed by atoms with Crippen molar-refractivity contribution in [3.05, 3.63) is 0 Å². The zero-order valence-electron chi connectivity index (χ0n) is 11.1. The van der Waals surface area contributed by atoms with E-state index in [-0.39, 0.29) is 46.6 Å². The summed E-state index contributed by atoms with van der Waals surface area (Å²) in [7, 11) is 0. The fraction of sp³-hybridized carbons (Fsp3) is 0.600. The first-order valence-electron chi connectivity index (χ1n) is 5.48. The van der Waals surface area contributed by atoms with E-state index < -0.39 is 50.1 Å². The van der Waals surface area contributed by atoms with E-state index in [9.17, 15) is 29.4 Å². The number of hydrogen-bond acceptors (Lipinski definition) is 8. The summed E-state index contributed by atoms with van der Waals surface area (Å²) < 4.78 is 0. The van der Waals surface area contributed by atoms with Gasteiger partial charge in [-0.3, -0.25) is 19.4 Å². The summed E-state index contributed by atoms with van der Waals surface area (Å²) in [6, 6.07) is 0. The van der Waals surface area contributed by atoms with Crippen molar-refractivity contribution in [1.29, 1.82) is 0 Å². The second-order valence-corrected chi connectivity index (χ2v) is 3.95. The molecule has 0 atom stereocenters. The minimum Gasteiger partial charge on any atom is -0.549 e. The van der Waals surface area contributed by atoms with Crippen LogP contribution < -0.4 is 10.2 Å². The Hall–Kier alpha value is -1.19. The molecule has 0 aromatic carbocycles. The van der Waals surface area contributed by atoms with Crippen molar-refractivity contribution >= 4 is 23.9 Å². The van der Waals surface area contributed by atoms with Gasteiger partial charge in [-0.25, -0.2) is 0 Å². The molecule has 0 heterocycles. The molecule has 0 aromatic heterocycles. The standard InChI is InChI=1S/C10H16N2O8.2Co/c13-7(14)3-11(4-8(15)16)1-2-12(5-9(17)18)6-10(19)20;;/h1-6H2,(H,13,14)(H,15,16)(H,17,18)(H,19,20);;/q;;+2/p-2. The maximum atomic E-state index is 10.5. The number of aliphatic carboxylic acids is 4. The molecule has 0 bridgehead atoms. The molecule has 0 spiro atoms. The first-order valence-corrected chi connectivity index (χ1v) is 5.48. The molecule has 22 heavy (non-hydrogen) atoms. The monoisotopic (exact) mass is 408 g/mol. The van der Waals surface area contributed by atoms with Crippen LogP contribution in [0.2, 0.25) is 0 Å². The molecule has 0 rings (SSSR count). The Bertz CT molecular complexity index is 325. The molecule has 130 valence electrons. The number of carboxylic acids is 4. The Morgan fingerprint density at radius 2 is 1.00 bits per heavy atom. The van der Waals surface area contributed by atoms with Crippen LogP contribution in [0, 0.1) is 0 Å². The maximum Gasteiger partial charge on any atom is 2.00 e. The zero-order valence-corrected chi connectivity index (χ0v) is 13.2. The van der Waals surface area contributed by atoms with Crippen LogP contribution in [0.4, 0.5) is 0 Å². The van der Waals surface area contributed by atoms with Gasteiger partial charge in [0, 0.05) is 43.0 Å². The SMILES string of the molecule is O=C([O-])CN(CCN(CC(=O)[O-])CC(=O)O)CC(=O)O.[Co+2].[Co]. The number of nitrogens with zero attached hydrogens (tertiary/aromatic N) is 2. The van der Waals surface area contributed by atoms with Gasteiger partial charge in [-0.15, -0.1) is 0 Å². The Morgan fingerprint density at radius 3 is 1.18 bits per heavy atom. The van der Waals surface area contributed by atoms with Crippen LogP contribution in [0.3, 0.4) is 0 Å². The van der Waals surface area contributed by atoms with Crippen LogP contribution in [0.15, 0.2) is 0 Å². The predicted molar refractivity (Wildman–Crippen MR) is 58.2 cm³/mol. The van der Waals surface area contributed by atoms with E-state index in [1.807, 2.05) is 0 Å².